The molecule has 1 aromatic rings. The number of rotatable bonds is 2. The summed E-state index contributed by atoms with van der Waals surface area (Å²) in [7, 11) is 0. The second-order valence-electron chi connectivity index (χ2n) is 2.59. The number of anilines is 1. The van der Waals surface area contributed by atoms with Gasteiger partial charge in [-0.25, -0.2) is 0 Å². The minimum atomic E-state index is -0.0569. The summed E-state index contributed by atoms with van der Waals surface area (Å²) in [6.07, 6.45) is 0.911. The lowest BCUT2D eigenvalue weighted by Crippen LogP contribution is -1.95. The van der Waals surface area contributed by atoms with Crippen molar-refractivity contribution in [2.24, 2.45) is 0 Å². The molecular weight excluding hydrogens is 138 g/mol. The molecule has 0 saturated carbocycles. The lowest BCUT2D eigenvalue weighted by molar-refractivity contribution is -0.108. The summed E-state index contributed by atoms with van der Waals surface area (Å²) in [4.78, 5) is 10.4. The Labute approximate surface area is 66.0 Å². The minimum Gasteiger partial charge on any atom is -0.399 e. The zero-order valence-electron chi connectivity index (χ0n) is 6.45. The minimum absolute atomic E-state index is 0.0569. The van der Waals surface area contributed by atoms with Gasteiger partial charge in [0.1, 0.15) is 6.29 Å². The molecule has 1 unspecified atom stereocenters. The Morgan fingerprint density at radius 2 is 2.27 bits per heavy atom. The first-order chi connectivity index (χ1) is 5.24. The van der Waals surface area contributed by atoms with Gasteiger partial charge in [0.25, 0.3) is 0 Å². The molecule has 2 nitrogen and oxygen atoms in total. The fourth-order valence-corrected chi connectivity index (χ4v) is 0.921. The van der Waals surface area contributed by atoms with Crippen molar-refractivity contribution in [2.75, 3.05) is 5.73 Å². The van der Waals surface area contributed by atoms with E-state index in [4.69, 9.17) is 5.73 Å². The van der Waals surface area contributed by atoms with Crippen molar-refractivity contribution in [1.82, 2.24) is 0 Å². The van der Waals surface area contributed by atoms with Crippen molar-refractivity contribution in [2.45, 2.75) is 12.8 Å². The molecule has 0 heterocycles. The van der Waals surface area contributed by atoms with E-state index in [1.807, 2.05) is 25.1 Å². The average molecular weight is 149 g/mol. The topological polar surface area (TPSA) is 43.1 Å². The number of benzene rings is 1. The van der Waals surface area contributed by atoms with Crippen LogP contribution in [0.3, 0.4) is 0 Å². The molecule has 0 radical (unpaired) electrons. The monoisotopic (exact) mass is 149 g/mol. The molecule has 0 aromatic heterocycles. The van der Waals surface area contributed by atoms with E-state index in [9.17, 15) is 4.79 Å². The van der Waals surface area contributed by atoms with E-state index in [0.717, 1.165) is 11.8 Å². The van der Waals surface area contributed by atoms with Gasteiger partial charge < -0.3 is 10.5 Å². The van der Waals surface area contributed by atoms with Crippen LogP contribution >= 0.6 is 0 Å². The van der Waals surface area contributed by atoms with Gasteiger partial charge in [-0.3, -0.25) is 0 Å². The normalized spacial score (nSPS) is 12.5. The first-order valence-electron chi connectivity index (χ1n) is 3.55. The van der Waals surface area contributed by atoms with E-state index < -0.39 is 0 Å². The van der Waals surface area contributed by atoms with Crippen LogP contribution in [0.1, 0.15) is 18.4 Å². The smallest absolute Gasteiger partial charge is 0.127 e. The predicted octanol–water partition coefficient (Wildman–Crippen LogP) is 1.57. The Morgan fingerprint density at radius 1 is 1.55 bits per heavy atom. The summed E-state index contributed by atoms with van der Waals surface area (Å²) < 4.78 is 0. The molecule has 0 spiro atoms. The van der Waals surface area contributed by atoms with E-state index in [1.165, 1.54) is 0 Å². The van der Waals surface area contributed by atoms with Crippen LogP contribution in [0.5, 0.6) is 0 Å². The Kier molecular flexibility index (Phi) is 2.26. The summed E-state index contributed by atoms with van der Waals surface area (Å²) in [5.41, 5.74) is 7.21. The molecule has 0 aliphatic rings. The van der Waals surface area contributed by atoms with Gasteiger partial charge in [-0.2, -0.15) is 0 Å². The highest BCUT2D eigenvalue weighted by Gasteiger charge is 2.01. The molecule has 0 aliphatic heterocycles. The highest BCUT2D eigenvalue weighted by atomic mass is 16.1. The van der Waals surface area contributed by atoms with Crippen LogP contribution in [0, 0.1) is 0 Å². The Morgan fingerprint density at radius 3 is 2.82 bits per heavy atom. The molecule has 1 rings (SSSR count). The van der Waals surface area contributed by atoms with E-state index >= 15 is 0 Å². The van der Waals surface area contributed by atoms with Crippen LogP contribution in [-0.4, -0.2) is 6.29 Å². The van der Waals surface area contributed by atoms with Crippen LogP contribution in [-0.2, 0) is 4.79 Å². The average Bonchev–Trinajstić information content (AvgIpc) is 2.03. The molecule has 58 valence electrons. The molecule has 1 atom stereocenters. The molecule has 0 bridgehead atoms. The first kappa shape index (κ1) is 7.79. The maximum atomic E-state index is 10.4. The number of nitrogen functional groups attached to an aromatic ring is 1. The number of hydrogen-bond donors (Lipinski definition) is 1. The molecule has 0 fully saturated rings. The number of carbonyl (C=O) groups excluding carboxylic acids is 1. The third kappa shape index (κ3) is 1.80. The summed E-state index contributed by atoms with van der Waals surface area (Å²) in [6, 6.07) is 7.38. The summed E-state index contributed by atoms with van der Waals surface area (Å²) in [6.45, 7) is 1.85. The molecule has 0 saturated heterocycles. The second-order valence-corrected chi connectivity index (χ2v) is 2.59. The molecule has 2 N–H and O–H groups in total. The number of nitrogens with two attached hydrogens (primary N) is 1. The van der Waals surface area contributed by atoms with E-state index in [-0.39, 0.29) is 5.92 Å². The lowest BCUT2D eigenvalue weighted by Gasteiger charge is -2.03. The standard InChI is InChI=1S/C9H11NO/c1-7(6-11)8-3-2-4-9(10)5-8/h2-7H,10H2,1H3. The van der Waals surface area contributed by atoms with Crippen LogP contribution in [0.2, 0.25) is 0 Å². The van der Waals surface area contributed by atoms with Crippen LogP contribution < -0.4 is 5.73 Å². The zero-order valence-corrected chi connectivity index (χ0v) is 6.45. The van der Waals surface area contributed by atoms with Gasteiger partial charge in [0.05, 0.1) is 0 Å². The first-order valence-corrected chi connectivity index (χ1v) is 3.55. The molecular formula is C9H11NO. The van der Waals surface area contributed by atoms with Gasteiger partial charge in [0.2, 0.25) is 0 Å². The lowest BCUT2D eigenvalue weighted by atomic mass is 10.0. The Bertz CT molecular complexity index is 257. The van der Waals surface area contributed by atoms with Crippen LogP contribution in [0.25, 0.3) is 0 Å². The number of carbonyl (C=O) groups is 1. The second kappa shape index (κ2) is 3.19. The Balaban J connectivity index is 2.95. The summed E-state index contributed by atoms with van der Waals surface area (Å²) in [5.74, 6) is -0.0569. The van der Waals surface area contributed by atoms with Crippen LogP contribution in [0.4, 0.5) is 5.69 Å². The molecule has 0 amide bonds. The SMILES string of the molecule is CC(C=O)c1cccc(N)c1. The van der Waals surface area contributed by atoms with Crippen molar-refractivity contribution in [1.29, 1.82) is 0 Å². The van der Waals surface area contributed by atoms with E-state index in [0.29, 0.717) is 5.69 Å². The largest absolute Gasteiger partial charge is 0.399 e. The number of aldehydes is 1. The van der Waals surface area contributed by atoms with Crippen molar-refractivity contribution in [3.63, 3.8) is 0 Å². The molecule has 0 aliphatic carbocycles. The van der Waals surface area contributed by atoms with Gasteiger partial charge in [-0.1, -0.05) is 19.1 Å². The predicted molar refractivity (Wildman–Crippen MR) is 45.3 cm³/mol. The van der Waals surface area contributed by atoms with E-state index in [1.54, 1.807) is 6.07 Å². The Hall–Kier alpha value is -1.31. The number of hydrogen-bond acceptors (Lipinski definition) is 2. The quantitative estimate of drug-likeness (QED) is 0.512. The fraction of sp³-hybridized carbons (Fsp3) is 0.222. The maximum Gasteiger partial charge on any atom is 0.127 e. The fourth-order valence-electron chi connectivity index (χ4n) is 0.921. The van der Waals surface area contributed by atoms with Crippen molar-refractivity contribution in [3.8, 4) is 0 Å². The van der Waals surface area contributed by atoms with Crippen LogP contribution in [0.15, 0.2) is 24.3 Å². The highest BCUT2D eigenvalue weighted by molar-refractivity contribution is 5.62. The van der Waals surface area contributed by atoms with Gasteiger partial charge in [0.15, 0.2) is 0 Å². The van der Waals surface area contributed by atoms with Gasteiger partial charge in [-0.05, 0) is 17.7 Å². The van der Waals surface area contributed by atoms with Crippen molar-refractivity contribution >= 4 is 12.0 Å². The van der Waals surface area contributed by atoms with Gasteiger partial charge >= 0.3 is 0 Å². The summed E-state index contributed by atoms with van der Waals surface area (Å²) >= 11 is 0. The summed E-state index contributed by atoms with van der Waals surface area (Å²) in [5, 5.41) is 0. The maximum absolute atomic E-state index is 10.4. The van der Waals surface area contributed by atoms with Crippen molar-refractivity contribution < 1.29 is 4.79 Å². The zero-order chi connectivity index (χ0) is 8.27. The molecule has 1 aromatic carbocycles. The molecule has 11 heavy (non-hydrogen) atoms. The van der Waals surface area contributed by atoms with E-state index in [2.05, 4.69) is 0 Å². The highest BCUT2D eigenvalue weighted by Crippen LogP contribution is 2.14. The molecule has 2 heteroatoms. The van der Waals surface area contributed by atoms with Crippen molar-refractivity contribution in [3.05, 3.63) is 29.8 Å². The van der Waals surface area contributed by atoms with Gasteiger partial charge in [-0.15, -0.1) is 0 Å². The van der Waals surface area contributed by atoms with Gasteiger partial charge in [0, 0.05) is 11.6 Å². The third-order valence-electron chi connectivity index (χ3n) is 1.64. The third-order valence-corrected chi connectivity index (χ3v) is 1.64.